The number of hydrogen-bond donors (Lipinski definition) is 0. The van der Waals surface area contributed by atoms with Crippen molar-refractivity contribution in [1.29, 1.82) is 0 Å². The summed E-state index contributed by atoms with van der Waals surface area (Å²) in [6.07, 6.45) is 2.63. The summed E-state index contributed by atoms with van der Waals surface area (Å²) in [5.41, 5.74) is 0. The topological polar surface area (TPSA) is 38.2 Å². The molecular weight excluding hydrogens is 282 g/mol. The highest BCUT2D eigenvalue weighted by atomic mass is 35.5. The molecule has 2 aromatic heterocycles. The molecule has 0 spiro atoms. The summed E-state index contributed by atoms with van der Waals surface area (Å²) in [6.45, 7) is 2.76. The minimum Gasteiger partial charge on any atom is -0.380 e. The van der Waals surface area contributed by atoms with Crippen molar-refractivity contribution in [2.75, 3.05) is 20.2 Å². The molecular formula is C13H16ClN3OS. The summed E-state index contributed by atoms with van der Waals surface area (Å²) >= 11 is 7.79. The van der Waals surface area contributed by atoms with E-state index in [1.165, 1.54) is 0 Å². The Balaban J connectivity index is 1.77. The van der Waals surface area contributed by atoms with E-state index in [1.807, 2.05) is 11.4 Å². The van der Waals surface area contributed by atoms with E-state index in [0.29, 0.717) is 11.3 Å². The highest BCUT2D eigenvalue weighted by Crippen LogP contribution is 2.25. The first-order valence-corrected chi connectivity index (χ1v) is 7.67. The molecule has 2 aromatic rings. The fourth-order valence-corrected chi connectivity index (χ4v) is 3.57. The molecule has 0 bridgehead atoms. The molecule has 1 fully saturated rings. The summed E-state index contributed by atoms with van der Waals surface area (Å²) in [5.74, 6) is 0.803. The van der Waals surface area contributed by atoms with Gasteiger partial charge < -0.3 is 4.74 Å². The molecule has 1 unspecified atom stereocenters. The second-order valence-corrected chi connectivity index (χ2v) is 6.06. The third-order valence-electron chi connectivity index (χ3n) is 3.49. The van der Waals surface area contributed by atoms with Crippen LogP contribution in [0.4, 0.5) is 0 Å². The average molecular weight is 298 g/mol. The molecule has 0 radical (unpaired) electrons. The van der Waals surface area contributed by atoms with Gasteiger partial charge in [0.05, 0.1) is 12.6 Å². The molecule has 19 heavy (non-hydrogen) atoms. The van der Waals surface area contributed by atoms with Crippen LogP contribution >= 0.6 is 22.9 Å². The van der Waals surface area contributed by atoms with Crippen LogP contribution < -0.4 is 0 Å². The van der Waals surface area contributed by atoms with Gasteiger partial charge in [0.15, 0.2) is 0 Å². The van der Waals surface area contributed by atoms with Crippen LogP contribution in [0.2, 0.25) is 5.15 Å². The Morgan fingerprint density at radius 3 is 3.26 bits per heavy atom. The van der Waals surface area contributed by atoms with E-state index in [2.05, 4.69) is 14.9 Å². The van der Waals surface area contributed by atoms with Crippen molar-refractivity contribution in [1.82, 2.24) is 14.9 Å². The van der Waals surface area contributed by atoms with Crippen LogP contribution in [0.15, 0.2) is 11.4 Å². The van der Waals surface area contributed by atoms with Crippen molar-refractivity contribution >= 4 is 33.2 Å². The van der Waals surface area contributed by atoms with Crippen molar-refractivity contribution in [3.8, 4) is 0 Å². The van der Waals surface area contributed by atoms with Crippen LogP contribution in [0.5, 0.6) is 0 Å². The van der Waals surface area contributed by atoms with Gasteiger partial charge in [0.25, 0.3) is 0 Å². The largest absolute Gasteiger partial charge is 0.380 e. The van der Waals surface area contributed by atoms with Gasteiger partial charge in [0.2, 0.25) is 0 Å². The summed E-state index contributed by atoms with van der Waals surface area (Å²) in [6, 6.07) is 1.97. The molecule has 4 nitrogen and oxygen atoms in total. The van der Waals surface area contributed by atoms with Crippen LogP contribution in [0, 0.1) is 0 Å². The quantitative estimate of drug-likeness (QED) is 0.817. The number of piperidine rings is 1. The molecule has 6 heteroatoms. The lowest BCUT2D eigenvalue weighted by molar-refractivity contribution is 0.0277. The van der Waals surface area contributed by atoms with Crippen molar-refractivity contribution < 1.29 is 4.74 Å². The Morgan fingerprint density at radius 2 is 2.42 bits per heavy atom. The van der Waals surface area contributed by atoms with Gasteiger partial charge in [0, 0.05) is 19.0 Å². The van der Waals surface area contributed by atoms with Crippen LogP contribution in [-0.4, -0.2) is 41.2 Å². The number of thiophene rings is 1. The van der Waals surface area contributed by atoms with Gasteiger partial charge in [0.1, 0.15) is 15.8 Å². The van der Waals surface area contributed by atoms with E-state index in [9.17, 15) is 0 Å². The Morgan fingerprint density at radius 1 is 1.53 bits per heavy atom. The fraction of sp³-hybridized carbons (Fsp3) is 0.538. The average Bonchev–Trinajstić information content (AvgIpc) is 2.88. The molecule has 3 heterocycles. The highest BCUT2D eigenvalue weighted by Gasteiger charge is 2.20. The minimum atomic E-state index is 0.328. The lowest BCUT2D eigenvalue weighted by Gasteiger charge is -2.31. The number of aromatic nitrogens is 2. The number of methoxy groups -OCH3 is 1. The molecule has 0 aromatic carbocycles. The lowest BCUT2D eigenvalue weighted by atomic mass is 10.1. The third kappa shape index (κ3) is 2.89. The summed E-state index contributed by atoms with van der Waals surface area (Å²) in [4.78, 5) is 12.3. The molecule has 0 amide bonds. The zero-order chi connectivity index (χ0) is 13.2. The number of rotatable bonds is 3. The maximum absolute atomic E-state index is 6.19. The maximum atomic E-state index is 6.19. The first kappa shape index (κ1) is 13.2. The summed E-state index contributed by atoms with van der Waals surface area (Å²) in [7, 11) is 1.78. The van der Waals surface area contributed by atoms with E-state index in [4.69, 9.17) is 16.3 Å². The van der Waals surface area contributed by atoms with Crippen LogP contribution in [0.3, 0.4) is 0 Å². The lowest BCUT2D eigenvalue weighted by Crippen LogP contribution is -2.39. The van der Waals surface area contributed by atoms with Crippen LogP contribution in [-0.2, 0) is 11.3 Å². The maximum Gasteiger partial charge on any atom is 0.145 e. The van der Waals surface area contributed by atoms with Gasteiger partial charge in [-0.25, -0.2) is 9.97 Å². The number of halogens is 1. The zero-order valence-electron chi connectivity index (χ0n) is 10.8. The molecule has 0 saturated carbocycles. The number of fused-ring (bicyclic) bond motifs is 1. The molecule has 0 aliphatic carbocycles. The first-order chi connectivity index (χ1) is 9.26. The van der Waals surface area contributed by atoms with Gasteiger partial charge in [-0.3, -0.25) is 4.90 Å². The number of nitrogens with zero attached hydrogens (tertiary/aromatic N) is 3. The zero-order valence-corrected chi connectivity index (χ0v) is 12.4. The summed E-state index contributed by atoms with van der Waals surface area (Å²) in [5, 5.41) is 3.50. The highest BCUT2D eigenvalue weighted by molar-refractivity contribution is 7.16. The summed E-state index contributed by atoms with van der Waals surface area (Å²) < 4.78 is 5.43. The van der Waals surface area contributed by atoms with Gasteiger partial charge >= 0.3 is 0 Å². The predicted molar refractivity (Wildman–Crippen MR) is 77.7 cm³/mol. The minimum absolute atomic E-state index is 0.328. The van der Waals surface area contributed by atoms with Crippen molar-refractivity contribution in [2.24, 2.45) is 0 Å². The molecule has 102 valence electrons. The fourth-order valence-electron chi connectivity index (χ4n) is 2.48. The monoisotopic (exact) mass is 297 g/mol. The molecule has 1 aliphatic rings. The first-order valence-electron chi connectivity index (χ1n) is 6.41. The molecule has 1 atom stereocenters. The molecule has 3 rings (SSSR count). The van der Waals surface area contributed by atoms with E-state index in [1.54, 1.807) is 18.4 Å². The Kier molecular flexibility index (Phi) is 3.98. The van der Waals surface area contributed by atoms with Crippen LogP contribution in [0.25, 0.3) is 10.2 Å². The number of hydrogen-bond acceptors (Lipinski definition) is 5. The van der Waals surface area contributed by atoms with Gasteiger partial charge in [-0.2, -0.15) is 0 Å². The SMILES string of the molecule is COC1CCCN(Cc2nc(Cl)c3ccsc3n2)C1. The standard InChI is InChI=1S/C13H16ClN3OS/c1-18-9-3-2-5-17(7-9)8-11-15-12(14)10-4-6-19-13(10)16-11/h4,6,9H,2-3,5,7-8H2,1H3. The Hall–Kier alpha value is -0.750. The van der Waals surface area contributed by atoms with Crippen LogP contribution in [0.1, 0.15) is 18.7 Å². The van der Waals surface area contributed by atoms with E-state index < -0.39 is 0 Å². The molecule has 1 aliphatic heterocycles. The third-order valence-corrected chi connectivity index (χ3v) is 4.58. The number of ether oxygens (including phenoxy) is 1. The smallest absolute Gasteiger partial charge is 0.145 e. The Labute approximate surface area is 121 Å². The molecule has 1 saturated heterocycles. The predicted octanol–water partition coefficient (Wildman–Crippen LogP) is 2.96. The Bertz CT molecular complexity index is 574. The second-order valence-electron chi connectivity index (χ2n) is 4.81. The van der Waals surface area contributed by atoms with E-state index in [0.717, 1.165) is 48.5 Å². The van der Waals surface area contributed by atoms with Gasteiger partial charge in [-0.1, -0.05) is 11.6 Å². The van der Waals surface area contributed by atoms with Crippen molar-refractivity contribution in [2.45, 2.75) is 25.5 Å². The second kappa shape index (κ2) is 5.71. The number of likely N-dealkylation sites (tertiary alicyclic amines) is 1. The van der Waals surface area contributed by atoms with Crippen molar-refractivity contribution in [3.05, 3.63) is 22.4 Å². The van der Waals surface area contributed by atoms with Crippen molar-refractivity contribution in [3.63, 3.8) is 0 Å². The van der Waals surface area contributed by atoms with E-state index in [-0.39, 0.29) is 0 Å². The molecule has 0 N–H and O–H groups in total. The normalized spacial score (nSPS) is 21.1. The van der Waals surface area contributed by atoms with Gasteiger partial charge in [-0.05, 0) is 30.8 Å². The van der Waals surface area contributed by atoms with E-state index >= 15 is 0 Å². The van der Waals surface area contributed by atoms with Gasteiger partial charge in [-0.15, -0.1) is 11.3 Å².